The van der Waals surface area contributed by atoms with Gasteiger partial charge in [0.2, 0.25) is 5.91 Å². The maximum Gasteiger partial charge on any atom is 0.227 e. The lowest BCUT2D eigenvalue weighted by Gasteiger charge is -2.31. The molecule has 0 spiro atoms. The quantitative estimate of drug-likeness (QED) is 0.778. The second-order valence-corrected chi connectivity index (χ2v) is 8.26. The molecular formula is C19H29ClN2OS. The molecule has 1 aromatic rings. The van der Waals surface area contributed by atoms with Crippen molar-refractivity contribution in [2.75, 3.05) is 18.4 Å². The van der Waals surface area contributed by atoms with E-state index in [9.17, 15) is 4.79 Å². The molecule has 0 bridgehead atoms. The van der Waals surface area contributed by atoms with Crippen LogP contribution >= 0.6 is 24.2 Å². The molecule has 0 radical (unpaired) electrons. The van der Waals surface area contributed by atoms with Crippen molar-refractivity contribution in [3.05, 3.63) is 29.8 Å². The average Bonchev–Trinajstić information content (AvgIpc) is 2.52. The third kappa shape index (κ3) is 5.40. The summed E-state index contributed by atoms with van der Waals surface area (Å²) in [5.74, 6) is 1.77. The van der Waals surface area contributed by atoms with Crippen LogP contribution in [0.5, 0.6) is 0 Å². The third-order valence-electron chi connectivity index (χ3n) is 5.17. The molecule has 1 amide bonds. The number of thioether (sulfide) groups is 1. The number of nitrogens with one attached hydrogen (secondary N) is 2. The van der Waals surface area contributed by atoms with Gasteiger partial charge < -0.3 is 10.6 Å². The predicted molar refractivity (Wildman–Crippen MR) is 106 cm³/mol. The SMILES string of the molecule is CC(C(=O)Nc1cccc(CSC2CCCCC2)c1)C1CNC1.Cl. The van der Waals surface area contributed by atoms with E-state index in [4.69, 9.17) is 0 Å². The lowest BCUT2D eigenvalue weighted by atomic mass is 9.88. The molecule has 2 N–H and O–H groups in total. The van der Waals surface area contributed by atoms with Gasteiger partial charge in [0.25, 0.3) is 0 Å². The summed E-state index contributed by atoms with van der Waals surface area (Å²) in [5.41, 5.74) is 2.26. The van der Waals surface area contributed by atoms with Gasteiger partial charge in [0.1, 0.15) is 0 Å². The van der Waals surface area contributed by atoms with E-state index in [0.717, 1.165) is 29.8 Å². The Bertz CT molecular complexity index is 530. The van der Waals surface area contributed by atoms with Gasteiger partial charge in [0.15, 0.2) is 0 Å². The van der Waals surface area contributed by atoms with Crippen LogP contribution in [0.25, 0.3) is 0 Å². The molecule has 134 valence electrons. The van der Waals surface area contributed by atoms with Crippen LogP contribution in [0, 0.1) is 11.8 Å². The van der Waals surface area contributed by atoms with Gasteiger partial charge in [-0.1, -0.05) is 38.3 Å². The van der Waals surface area contributed by atoms with E-state index < -0.39 is 0 Å². The highest BCUT2D eigenvalue weighted by Gasteiger charge is 2.28. The van der Waals surface area contributed by atoms with Gasteiger partial charge in [-0.15, -0.1) is 12.4 Å². The molecule has 1 unspecified atom stereocenters. The lowest BCUT2D eigenvalue weighted by molar-refractivity contribution is -0.121. The number of carbonyl (C=O) groups is 1. The van der Waals surface area contributed by atoms with Crippen molar-refractivity contribution < 1.29 is 4.79 Å². The van der Waals surface area contributed by atoms with Crippen LogP contribution in [-0.4, -0.2) is 24.2 Å². The normalized spacial score (nSPS) is 19.9. The van der Waals surface area contributed by atoms with Gasteiger partial charge in [-0.05, 0) is 49.5 Å². The Balaban J connectivity index is 0.00000208. The Morgan fingerprint density at radius 3 is 2.71 bits per heavy atom. The lowest BCUT2D eigenvalue weighted by Crippen LogP contribution is -2.48. The molecule has 24 heavy (non-hydrogen) atoms. The van der Waals surface area contributed by atoms with E-state index in [2.05, 4.69) is 40.6 Å². The van der Waals surface area contributed by atoms with E-state index in [1.54, 1.807) is 0 Å². The van der Waals surface area contributed by atoms with Crippen molar-refractivity contribution >= 4 is 35.8 Å². The molecule has 1 saturated heterocycles. The summed E-state index contributed by atoms with van der Waals surface area (Å²) < 4.78 is 0. The Hall–Kier alpha value is -0.710. The summed E-state index contributed by atoms with van der Waals surface area (Å²) in [6.45, 7) is 3.96. The fraction of sp³-hybridized carbons (Fsp3) is 0.632. The molecule has 1 aliphatic heterocycles. The topological polar surface area (TPSA) is 41.1 Å². The first-order valence-corrected chi connectivity index (χ1v) is 9.99. The van der Waals surface area contributed by atoms with Crippen molar-refractivity contribution in [3.63, 3.8) is 0 Å². The van der Waals surface area contributed by atoms with E-state index in [0.29, 0.717) is 5.92 Å². The van der Waals surface area contributed by atoms with Crippen molar-refractivity contribution in [1.29, 1.82) is 0 Å². The van der Waals surface area contributed by atoms with E-state index >= 15 is 0 Å². The third-order valence-corrected chi connectivity index (χ3v) is 6.61. The Morgan fingerprint density at radius 1 is 1.29 bits per heavy atom. The van der Waals surface area contributed by atoms with Crippen LogP contribution in [-0.2, 0) is 10.5 Å². The maximum absolute atomic E-state index is 12.3. The number of halogens is 1. The Labute approximate surface area is 156 Å². The highest BCUT2D eigenvalue weighted by Crippen LogP contribution is 2.31. The number of hydrogen-bond acceptors (Lipinski definition) is 3. The summed E-state index contributed by atoms with van der Waals surface area (Å²) in [4.78, 5) is 12.3. The molecule has 1 aromatic carbocycles. The van der Waals surface area contributed by atoms with Crippen LogP contribution in [0.15, 0.2) is 24.3 Å². The monoisotopic (exact) mass is 368 g/mol. The number of amides is 1. The Morgan fingerprint density at radius 2 is 2.04 bits per heavy atom. The van der Waals surface area contributed by atoms with Crippen molar-refractivity contribution in [2.24, 2.45) is 11.8 Å². The number of hydrogen-bond donors (Lipinski definition) is 2. The van der Waals surface area contributed by atoms with Crippen LogP contribution in [0.2, 0.25) is 0 Å². The maximum atomic E-state index is 12.3. The van der Waals surface area contributed by atoms with E-state index in [-0.39, 0.29) is 24.2 Å². The molecule has 2 fully saturated rings. The minimum absolute atomic E-state index is 0. The zero-order valence-corrected chi connectivity index (χ0v) is 16.1. The molecule has 5 heteroatoms. The van der Waals surface area contributed by atoms with Gasteiger partial charge in [0, 0.05) is 22.6 Å². The average molecular weight is 369 g/mol. The van der Waals surface area contributed by atoms with Crippen LogP contribution in [0.3, 0.4) is 0 Å². The van der Waals surface area contributed by atoms with E-state index in [1.165, 1.54) is 37.7 Å². The first-order valence-electron chi connectivity index (χ1n) is 8.94. The van der Waals surface area contributed by atoms with Gasteiger partial charge in [-0.3, -0.25) is 4.79 Å². The summed E-state index contributed by atoms with van der Waals surface area (Å²) in [7, 11) is 0. The standard InChI is InChI=1S/C19H28N2OS.ClH/c1-14(16-11-20-12-16)19(22)21-17-7-5-6-15(10-17)13-23-18-8-3-2-4-9-18;/h5-7,10,14,16,18,20H,2-4,8-9,11-13H2,1H3,(H,21,22);1H. The van der Waals surface area contributed by atoms with Gasteiger partial charge in [-0.2, -0.15) is 11.8 Å². The highest BCUT2D eigenvalue weighted by atomic mass is 35.5. The summed E-state index contributed by atoms with van der Waals surface area (Å²) >= 11 is 2.08. The number of carbonyl (C=O) groups excluding carboxylic acids is 1. The highest BCUT2D eigenvalue weighted by molar-refractivity contribution is 7.99. The molecule has 3 nitrogen and oxygen atoms in total. The molecule has 1 heterocycles. The zero-order valence-electron chi connectivity index (χ0n) is 14.4. The fourth-order valence-corrected chi connectivity index (χ4v) is 4.59. The fourth-order valence-electron chi connectivity index (χ4n) is 3.32. The first-order chi connectivity index (χ1) is 11.2. The smallest absolute Gasteiger partial charge is 0.227 e. The summed E-state index contributed by atoms with van der Waals surface area (Å²) in [6, 6.07) is 8.37. The first kappa shape index (κ1) is 19.6. The van der Waals surface area contributed by atoms with Gasteiger partial charge >= 0.3 is 0 Å². The number of rotatable bonds is 6. The van der Waals surface area contributed by atoms with E-state index in [1.807, 2.05) is 13.0 Å². The van der Waals surface area contributed by atoms with Crippen molar-refractivity contribution in [1.82, 2.24) is 5.32 Å². The molecular weight excluding hydrogens is 340 g/mol. The van der Waals surface area contributed by atoms with Crippen molar-refractivity contribution in [2.45, 2.75) is 50.0 Å². The van der Waals surface area contributed by atoms with Crippen LogP contribution in [0.1, 0.15) is 44.6 Å². The summed E-state index contributed by atoms with van der Waals surface area (Å²) in [6.07, 6.45) is 6.93. The van der Waals surface area contributed by atoms with Crippen molar-refractivity contribution in [3.8, 4) is 0 Å². The molecule has 1 aliphatic carbocycles. The van der Waals surface area contributed by atoms with Crippen LogP contribution in [0.4, 0.5) is 5.69 Å². The second kappa shape index (κ2) is 9.69. The molecule has 0 aromatic heterocycles. The molecule has 2 aliphatic rings. The van der Waals surface area contributed by atoms with Gasteiger partial charge in [0.05, 0.1) is 0 Å². The predicted octanol–water partition coefficient (Wildman–Crippen LogP) is 4.47. The van der Waals surface area contributed by atoms with Crippen LogP contribution < -0.4 is 10.6 Å². The van der Waals surface area contributed by atoms with Gasteiger partial charge in [-0.25, -0.2) is 0 Å². The minimum atomic E-state index is 0. The Kier molecular flexibility index (Phi) is 7.92. The molecule has 3 rings (SSSR count). The molecule has 1 atom stereocenters. The molecule has 1 saturated carbocycles. The zero-order chi connectivity index (χ0) is 16.1. The minimum Gasteiger partial charge on any atom is -0.326 e. The number of anilines is 1. The largest absolute Gasteiger partial charge is 0.326 e. The summed E-state index contributed by atoms with van der Waals surface area (Å²) in [5, 5.41) is 7.16. The number of benzene rings is 1. The second-order valence-electron chi connectivity index (χ2n) is 6.97.